The van der Waals surface area contributed by atoms with Crippen molar-refractivity contribution in [3.63, 3.8) is 0 Å². The van der Waals surface area contributed by atoms with E-state index in [0.717, 1.165) is 0 Å². The SMILES string of the molecule is CCN(CC(=O)NC(C)C)C(=O)Cn1cc(CCO)nn1. The van der Waals surface area contributed by atoms with Crippen molar-refractivity contribution in [2.45, 2.75) is 39.8 Å². The molecule has 1 heterocycles. The molecule has 0 atom stereocenters. The van der Waals surface area contributed by atoms with E-state index in [0.29, 0.717) is 18.7 Å². The molecule has 1 aromatic rings. The summed E-state index contributed by atoms with van der Waals surface area (Å²) in [5, 5.41) is 19.2. The Morgan fingerprint density at radius 3 is 2.76 bits per heavy atom. The van der Waals surface area contributed by atoms with Gasteiger partial charge in [0.05, 0.1) is 12.2 Å². The lowest BCUT2D eigenvalue weighted by molar-refractivity contribution is -0.136. The molecule has 0 spiro atoms. The van der Waals surface area contributed by atoms with Crippen molar-refractivity contribution in [3.8, 4) is 0 Å². The summed E-state index contributed by atoms with van der Waals surface area (Å²) < 4.78 is 1.41. The topological polar surface area (TPSA) is 100 Å². The van der Waals surface area contributed by atoms with Crippen LogP contribution in [0.2, 0.25) is 0 Å². The lowest BCUT2D eigenvalue weighted by Crippen LogP contribution is -2.43. The number of likely N-dealkylation sites (N-methyl/N-ethyl adjacent to an activating group) is 1. The molecule has 0 aromatic carbocycles. The van der Waals surface area contributed by atoms with E-state index in [1.54, 1.807) is 6.20 Å². The fraction of sp³-hybridized carbons (Fsp3) is 0.692. The Kier molecular flexibility index (Phi) is 6.80. The Morgan fingerprint density at radius 2 is 2.19 bits per heavy atom. The first-order valence-corrected chi connectivity index (χ1v) is 7.03. The highest BCUT2D eigenvalue weighted by molar-refractivity contribution is 5.84. The summed E-state index contributed by atoms with van der Waals surface area (Å²) in [5.41, 5.74) is 0.630. The van der Waals surface area contributed by atoms with Crippen LogP contribution in [0.1, 0.15) is 26.5 Å². The number of aliphatic hydroxyl groups excluding tert-OH is 1. The van der Waals surface area contributed by atoms with Crippen LogP contribution in [-0.4, -0.2) is 62.6 Å². The number of nitrogens with one attached hydrogen (secondary N) is 1. The smallest absolute Gasteiger partial charge is 0.244 e. The van der Waals surface area contributed by atoms with Gasteiger partial charge < -0.3 is 15.3 Å². The first-order valence-electron chi connectivity index (χ1n) is 7.03. The molecule has 21 heavy (non-hydrogen) atoms. The largest absolute Gasteiger partial charge is 0.396 e. The van der Waals surface area contributed by atoms with Crippen LogP contribution in [0.15, 0.2) is 6.20 Å². The highest BCUT2D eigenvalue weighted by atomic mass is 16.3. The third kappa shape index (κ3) is 5.90. The van der Waals surface area contributed by atoms with Crippen molar-refractivity contribution in [3.05, 3.63) is 11.9 Å². The van der Waals surface area contributed by atoms with Crippen LogP contribution in [0.3, 0.4) is 0 Å². The molecule has 0 saturated carbocycles. The maximum Gasteiger partial charge on any atom is 0.244 e. The van der Waals surface area contributed by atoms with Gasteiger partial charge in [-0.25, -0.2) is 4.68 Å². The molecule has 8 nitrogen and oxygen atoms in total. The summed E-state index contributed by atoms with van der Waals surface area (Å²) >= 11 is 0. The molecular weight excluding hydrogens is 274 g/mol. The van der Waals surface area contributed by atoms with Crippen LogP contribution >= 0.6 is 0 Å². The van der Waals surface area contributed by atoms with Crippen LogP contribution in [0.5, 0.6) is 0 Å². The molecule has 0 radical (unpaired) electrons. The molecule has 0 bridgehead atoms. The highest BCUT2D eigenvalue weighted by Crippen LogP contribution is 1.97. The van der Waals surface area contributed by atoms with Crippen molar-refractivity contribution in [2.24, 2.45) is 0 Å². The van der Waals surface area contributed by atoms with Crippen molar-refractivity contribution in [2.75, 3.05) is 19.7 Å². The number of aliphatic hydroxyl groups is 1. The standard InChI is InChI=1S/C13H23N5O3/c1-4-17(8-12(20)14-10(2)3)13(21)9-18-7-11(5-6-19)15-16-18/h7,10,19H,4-6,8-9H2,1-3H3,(H,14,20). The zero-order chi connectivity index (χ0) is 15.8. The van der Waals surface area contributed by atoms with E-state index in [9.17, 15) is 9.59 Å². The van der Waals surface area contributed by atoms with E-state index in [2.05, 4.69) is 15.6 Å². The van der Waals surface area contributed by atoms with Crippen LogP contribution in [0.25, 0.3) is 0 Å². The third-order valence-electron chi connectivity index (χ3n) is 2.77. The molecule has 2 N–H and O–H groups in total. The second kappa shape index (κ2) is 8.35. The lowest BCUT2D eigenvalue weighted by Gasteiger charge is -2.21. The molecule has 118 valence electrons. The first kappa shape index (κ1) is 17.1. The Morgan fingerprint density at radius 1 is 1.48 bits per heavy atom. The molecule has 2 amide bonds. The third-order valence-corrected chi connectivity index (χ3v) is 2.77. The average Bonchev–Trinajstić information content (AvgIpc) is 2.82. The Balaban J connectivity index is 2.55. The van der Waals surface area contributed by atoms with Crippen LogP contribution in [0, 0.1) is 0 Å². The van der Waals surface area contributed by atoms with Gasteiger partial charge in [-0.2, -0.15) is 0 Å². The molecule has 0 fully saturated rings. The number of aromatic nitrogens is 3. The number of hydrogen-bond acceptors (Lipinski definition) is 5. The number of hydrogen-bond donors (Lipinski definition) is 2. The van der Waals surface area contributed by atoms with Gasteiger partial charge in [0.1, 0.15) is 6.54 Å². The maximum absolute atomic E-state index is 12.1. The summed E-state index contributed by atoms with van der Waals surface area (Å²) in [5.74, 6) is -0.378. The Hall–Kier alpha value is -1.96. The van der Waals surface area contributed by atoms with Crippen molar-refractivity contribution in [1.82, 2.24) is 25.2 Å². The maximum atomic E-state index is 12.1. The van der Waals surface area contributed by atoms with Gasteiger partial charge in [0, 0.05) is 31.8 Å². The van der Waals surface area contributed by atoms with Gasteiger partial charge in [-0.1, -0.05) is 5.21 Å². The zero-order valence-corrected chi connectivity index (χ0v) is 12.7. The Bertz CT molecular complexity index is 472. The summed E-state index contributed by atoms with van der Waals surface area (Å²) in [6.07, 6.45) is 2.03. The van der Waals surface area contributed by atoms with Crippen LogP contribution < -0.4 is 5.32 Å². The van der Waals surface area contributed by atoms with E-state index >= 15 is 0 Å². The van der Waals surface area contributed by atoms with Gasteiger partial charge >= 0.3 is 0 Å². The number of carbonyl (C=O) groups excluding carboxylic acids is 2. The van der Waals surface area contributed by atoms with E-state index in [4.69, 9.17) is 5.11 Å². The predicted octanol–water partition coefficient (Wildman–Crippen LogP) is -0.814. The Labute approximate surface area is 124 Å². The fourth-order valence-corrected chi connectivity index (χ4v) is 1.80. The van der Waals surface area contributed by atoms with Gasteiger partial charge in [-0.3, -0.25) is 9.59 Å². The van der Waals surface area contributed by atoms with E-state index < -0.39 is 0 Å². The van der Waals surface area contributed by atoms with E-state index in [1.807, 2.05) is 20.8 Å². The normalized spacial score (nSPS) is 10.7. The minimum Gasteiger partial charge on any atom is -0.396 e. The number of amides is 2. The number of rotatable bonds is 8. The molecule has 8 heteroatoms. The summed E-state index contributed by atoms with van der Waals surface area (Å²) in [4.78, 5) is 25.3. The summed E-state index contributed by atoms with van der Waals surface area (Å²) in [6, 6.07) is 0.0441. The highest BCUT2D eigenvalue weighted by Gasteiger charge is 2.17. The molecule has 1 rings (SSSR count). The zero-order valence-electron chi connectivity index (χ0n) is 12.7. The van der Waals surface area contributed by atoms with Gasteiger partial charge in [-0.15, -0.1) is 5.10 Å². The van der Waals surface area contributed by atoms with Crippen molar-refractivity contribution in [1.29, 1.82) is 0 Å². The van der Waals surface area contributed by atoms with Gasteiger partial charge in [0.15, 0.2) is 0 Å². The molecule has 0 aliphatic carbocycles. The van der Waals surface area contributed by atoms with Crippen molar-refractivity contribution >= 4 is 11.8 Å². The minimum atomic E-state index is -0.197. The summed E-state index contributed by atoms with van der Waals surface area (Å²) in [6.45, 7) is 6.06. The predicted molar refractivity (Wildman–Crippen MR) is 76.3 cm³/mol. The molecule has 0 saturated heterocycles. The molecule has 0 aliphatic heterocycles. The van der Waals surface area contributed by atoms with E-state index in [-0.39, 0.29) is 37.6 Å². The quantitative estimate of drug-likeness (QED) is 0.653. The second-order valence-corrected chi connectivity index (χ2v) is 5.01. The van der Waals surface area contributed by atoms with Gasteiger partial charge in [0.2, 0.25) is 11.8 Å². The van der Waals surface area contributed by atoms with Gasteiger partial charge in [0.25, 0.3) is 0 Å². The van der Waals surface area contributed by atoms with Crippen LogP contribution in [0.4, 0.5) is 0 Å². The van der Waals surface area contributed by atoms with Crippen molar-refractivity contribution < 1.29 is 14.7 Å². The molecule has 0 aliphatic rings. The number of carbonyl (C=O) groups is 2. The second-order valence-electron chi connectivity index (χ2n) is 5.01. The molecule has 0 unspecified atom stereocenters. The van der Waals surface area contributed by atoms with Crippen LogP contribution in [-0.2, 0) is 22.6 Å². The minimum absolute atomic E-state index is 0.0108. The molecular formula is C13H23N5O3. The van der Waals surface area contributed by atoms with Gasteiger partial charge in [-0.05, 0) is 20.8 Å². The lowest BCUT2D eigenvalue weighted by atomic mass is 10.3. The summed E-state index contributed by atoms with van der Waals surface area (Å²) in [7, 11) is 0. The average molecular weight is 297 g/mol. The molecule has 1 aromatic heterocycles. The fourth-order valence-electron chi connectivity index (χ4n) is 1.80. The number of nitrogens with zero attached hydrogens (tertiary/aromatic N) is 4. The van der Waals surface area contributed by atoms with E-state index in [1.165, 1.54) is 9.58 Å². The first-order chi connectivity index (χ1) is 9.96. The monoisotopic (exact) mass is 297 g/mol.